The van der Waals surface area contributed by atoms with Crippen molar-refractivity contribution in [3.05, 3.63) is 47.3 Å². The van der Waals surface area contributed by atoms with Gasteiger partial charge < -0.3 is 25.2 Å². The first-order valence-electron chi connectivity index (χ1n) is 6.46. The van der Waals surface area contributed by atoms with Gasteiger partial charge in [0.05, 0.1) is 12.2 Å². The molecule has 0 amide bonds. The Morgan fingerprint density at radius 3 is 2.38 bits per heavy atom. The molecule has 21 heavy (non-hydrogen) atoms. The molecular weight excluding hydrogens is 278 g/mol. The van der Waals surface area contributed by atoms with Crippen molar-refractivity contribution < 1.29 is 29.9 Å². The van der Waals surface area contributed by atoms with Crippen LogP contribution in [0.25, 0.3) is 4.85 Å². The van der Waals surface area contributed by atoms with Crippen molar-refractivity contribution in [1.29, 1.82) is 0 Å². The van der Waals surface area contributed by atoms with E-state index < -0.39 is 43.5 Å². The minimum atomic E-state index is -1.52. The van der Waals surface area contributed by atoms with E-state index in [1.165, 1.54) is 0 Å². The molecule has 0 aromatic heterocycles. The molecule has 0 spiro atoms. The second-order valence-electron chi connectivity index (χ2n) is 4.73. The summed E-state index contributed by atoms with van der Waals surface area (Å²) in [6.45, 7) is 6.63. The van der Waals surface area contributed by atoms with Crippen molar-refractivity contribution in [2.75, 3.05) is 6.61 Å². The van der Waals surface area contributed by atoms with Gasteiger partial charge in [-0.1, -0.05) is 18.2 Å². The van der Waals surface area contributed by atoms with Crippen molar-refractivity contribution in [3.8, 4) is 0 Å². The Kier molecular flexibility index (Phi) is 5.25. The average molecular weight is 295 g/mol. The Labute approximate surface area is 121 Å². The standard InChI is InChI=1S/C14H17NO6/c1-15-13(8-5-3-2-4-6-8)21-14-12(19)11(18)10(17)9(7-16)20-14/h2-6,9-14,16-19H,7H2/t9-,10-,11+,12-,13-,14+/m1/s1. The van der Waals surface area contributed by atoms with Crippen molar-refractivity contribution in [2.24, 2.45) is 0 Å². The van der Waals surface area contributed by atoms with Crippen LogP contribution in [0.1, 0.15) is 11.8 Å². The van der Waals surface area contributed by atoms with Crippen LogP contribution in [0.3, 0.4) is 0 Å². The van der Waals surface area contributed by atoms with Gasteiger partial charge in [0.25, 0.3) is 0 Å². The van der Waals surface area contributed by atoms with Crippen LogP contribution in [-0.4, -0.2) is 57.7 Å². The van der Waals surface area contributed by atoms with Crippen molar-refractivity contribution in [3.63, 3.8) is 0 Å². The van der Waals surface area contributed by atoms with Crippen LogP contribution in [0.2, 0.25) is 0 Å². The van der Waals surface area contributed by atoms with E-state index in [2.05, 4.69) is 4.85 Å². The first kappa shape index (κ1) is 15.9. The number of hydrogen-bond donors (Lipinski definition) is 4. The van der Waals surface area contributed by atoms with Gasteiger partial charge >= 0.3 is 6.23 Å². The third kappa shape index (κ3) is 3.39. The average Bonchev–Trinajstić information content (AvgIpc) is 2.53. The molecule has 0 aliphatic carbocycles. The SMILES string of the molecule is [C-]#[N+][C@H](O[C@@H]1O[C@H](CO)[C@@H](O)[C@H](O)[C@H]1O)c1ccccc1. The highest BCUT2D eigenvalue weighted by Gasteiger charge is 2.45. The molecule has 0 bridgehead atoms. The quantitative estimate of drug-likeness (QED) is 0.554. The highest BCUT2D eigenvalue weighted by Crippen LogP contribution is 2.28. The van der Waals surface area contributed by atoms with E-state index in [9.17, 15) is 15.3 Å². The topological polar surface area (TPSA) is 104 Å². The number of nitrogens with zero attached hydrogens (tertiary/aromatic N) is 1. The summed E-state index contributed by atoms with van der Waals surface area (Å²) in [5, 5.41) is 38.3. The summed E-state index contributed by atoms with van der Waals surface area (Å²) in [6, 6.07) is 8.64. The van der Waals surface area contributed by atoms with Crippen molar-refractivity contribution in [1.82, 2.24) is 0 Å². The molecule has 7 heteroatoms. The van der Waals surface area contributed by atoms with Crippen LogP contribution >= 0.6 is 0 Å². The molecule has 1 saturated heterocycles. The van der Waals surface area contributed by atoms with Crippen LogP contribution in [-0.2, 0) is 9.47 Å². The molecule has 6 atom stereocenters. The lowest BCUT2D eigenvalue weighted by molar-refractivity contribution is -0.308. The fraction of sp³-hybridized carbons (Fsp3) is 0.500. The zero-order valence-electron chi connectivity index (χ0n) is 11.1. The van der Waals surface area contributed by atoms with Gasteiger partial charge in [0.2, 0.25) is 0 Å². The lowest BCUT2D eigenvalue weighted by atomic mass is 9.99. The Morgan fingerprint density at radius 1 is 1.14 bits per heavy atom. The van der Waals surface area contributed by atoms with Crippen LogP contribution < -0.4 is 0 Å². The first-order valence-corrected chi connectivity index (χ1v) is 6.46. The summed E-state index contributed by atoms with van der Waals surface area (Å²) >= 11 is 0. The Morgan fingerprint density at radius 2 is 1.81 bits per heavy atom. The third-order valence-electron chi connectivity index (χ3n) is 3.31. The smallest absolute Gasteiger partial charge is 0.356 e. The monoisotopic (exact) mass is 295 g/mol. The van der Waals surface area contributed by atoms with E-state index in [0.717, 1.165) is 0 Å². The predicted molar refractivity (Wildman–Crippen MR) is 70.6 cm³/mol. The largest absolute Gasteiger partial charge is 0.394 e. The highest BCUT2D eigenvalue weighted by atomic mass is 16.7. The maximum Gasteiger partial charge on any atom is 0.356 e. The molecule has 7 nitrogen and oxygen atoms in total. The lowest BCUT2D eigenvalue weighted by Gasteiger charge is -2.39. The number of aliphatic hydroxyl groups is 4. The Hall–Kier alpha value is -1.53. The van der Waals surface area contributed by atoms with E-state index in [1.807, 2.05) is 0 Å². The van der Waals surface area contributed by atoms with Gasteiger partial charge in [-0.2, -0.15) is 0 Å². The summed E-state index contributed by atoms with van der Waals surface area (Å²) in [5.74, 6) is 0. The van der Waals surface area contributed by atoms with Gasteiger partial charge in [-0.15, -0.1) is 0 Å². The summed E-state index contributed by atoms with van der Waals surface area (Å²) in [7, 11) is 0. The van der Waals surface area contributed by atoms with E-state index in [0.29, 0.717) is 5.56 Å². The maximum absolute atomic E-state index is 9.87. The zero-order valence-corrected chi connectivity index (χ0v) is 11.1. The summed E-state index contributed by atoms with van der Waals surface area (Å²) in [5.41, 5.74) is 0.574. The van der Waals surface area contributed by atoms with E-state index >= 15 is 0 Å². The molecule has 0 radical (unpaired) electrons. The number of benzene rings is 1. The molecule has 0 saturated carbocycles. The summed E-state index contributed by atoms with van der Waals surface area (Å²) in [6.07, 6.45) is -7.89. The second-order valence-corrected chi connectivity index (χ2v) is 4.73. The van der Waals surface area contributed by atoms with Gasteiger partial charge in [0.1, 0.15) is 24.4 Å². The zero-order chi connectivity index (χ0) is 15.4. The lowest BCUT2D eigenvalue weighted by Crippen LogP contribution is -2.59. The Bertz CT molecular complexity index is 488. The molecule has 1 fully saturated rings. The minimum absolute atomic E-state index is 0.543. The van der Waals surface area contributed by atoms with E-state index in [1.54, 1.807) is 30.3 Å². The van der Waals surface area contributed by atoms with Crippen molar-refractivity contribution in [2.45, 2.75) is 36.9 Å². The molecule has 1 aliphatic heterocycles. The summed E-state index contributed by atoms with van der Waals surface area (Å²) in [4.78, 5) is 3.31. The van der Waals surface area contributed by atoms with Crippen LogP contribution in [0.15, 0.2) is 30.3 Å². The van der Waals surface area contributed by atoms with E-state index in [4.69, 9.17) is 21.2 Å². The fourth-order valence-corrected chi connectivity index (χ4v) is 2.11. The maximum atomic E-state index is 9.87. The molecule has 0 unspecified atom stereocenters. The van der Waals surface area contributed by atoms with Gasteiger partial charge in [-0.3, -0.25) is 9.58 Å². The van der Waals surface area contributed by atoms with Crippen LogP contribution in [0.4, 0.5) is 0 Å². The number of rotatable bonds is 4. The number of aliphatic hydroxyl groups excluding tert-OH is 4. The van der Waals surface area contributed by atoms with Crippen molar-refractivity contribution >= 4 is 0 Å². The van der Waals surface area contributed by atoms with Crippen LogP contribution in [0.5, 0.6) is 0 Å². The van der Waals surface area contributed by atoms with Crippen LogP contribution in [0, 0.1) is 6.57 Å². The summed E-state index contributed by atoms with van der Waals surface area (Å²) < 4.78 is 10.6. The molecule has 1 heterocycles. The fourth-order valence-electron chi connectivity index (χ4n) is 2.11. The molecule has 114 valence electrons. The normalized spacial score (nSPS) is 34.1. The second kappa shape index (κ2) is 6.95. The van der Waals surface area contributed by atoms with Gasteiger partial charge in [0, 0.05) is 0 Å². The number of ether oxygens (including phenoxy) is 2. The highest BCUT2D eigenvalue weighted by molar-refractivity contribution is 5.19. The predicted octanol–water partition coefficient (Wildman–Crippen LogP) is -0.579. The molecule has 1 aliphatic rings. The number of hydrogen-bond acceptors (Lipinski definition) is 6. The Balaban J connectivity index is 2.12. The van der Waals surface area contributed by atoms with Gasteiger partial charge in [-0.05, 0) is 12.1 Å². The molecule has 2 rings (SSSR count). The molecular formula is C14H17NO6. The third-order valence-corrected chi connectivity index (χ3v) is 3.31. The van der Waals surface area contributed by atoms with Gasteiger partial charge in [-0.25, -0.2) is 6.57 Å². The minimum Gasteiger partial charge on any atom is -0.394 e. The molecule has 1 aromatic carbocycles. The van der Waals surface area contributed by atoms with E-state index in [-0.39, 0.29) is 0 Å². The molecule has 4 N–H and O–H groups in total. The van der Waals surface area contributed by atoms with Gasteiger partial charge in [0.15, 0.2) is 6.29 Å². The molecule has 1 aromatic rings. The first-order chi connectivity index (χ1) is 10.1.